The molecule has 0 saturated carbocycles. The zero-order chi connectivity index (χ0) is 13.1. The standard InChI is InChI=1S/C11H17N3O.C2H6/c1-13-11(15)5-3-9-14-8-2-4-10(14)6-7-12;1-2/h3,5,10H,2,4,6,8-9H2,1H3,(H,13,15);1-2H3/b5-3+;. The van der Waals surface area contributed by atoms with Gasteiger partial charge in [-0.1, -0.05) is 19.9 Å². The highest BCUT2D eigenvalue weighted by atomic mass is 16.1. The van der Waals surface area contributed by atoms with Gasteiger partial charge in [0, 0.05) is 25.7 Å². The van der Waals surface area contributed by atoms with E-state index in [0.29, 0.717) is 12.5 Å². The summed E-state index contributed by atoms with van der Waals surface area (Å²) in [4.78, 5) is 13.2. The molecule has 1 aliphatic heterocycles. The minimum absolute atomic E-state index is 0.0777. The van der Waals surface area contributed by atoms with Crippen molar-refractivity contribution < 1.29 is 4.79 Å². The number of carbonyl (C=O) groups is 1. The average molecular weight is 237 g/mol. The highest BCUT2D eigenvalue weighted by Gasteiger charge is 2.22. The SMILES string of the molecule is CC.CNC(=O)/C=C/CN1CCCC1CC#N. The van der Waals surface area contributed by atoms with Crippen LogP contribution in [0.1, 0.15) is 33.1 Å². The first-order valence-electron chi connectivity index (χ1n) is 6.27. The maximum absolute atomic E-state index is 10.9. The summed E-state index contributed by atoms with van der Waals surface area (Å²) in [6, 6.07) is 2.58. The van der Waals surface area contributed by atoms with Crippen LogP contribution < -0.4 is 5.32 Å². The first kappa shape index (κ1) is 15.7. The number of carbonyl (C=O) groups excluding carboxylic acids is 1. The van der Waals surface area contributed by atoms with Gasteiger partial charge in [0.15, 0.2) is 0 Å². The molecule has 1 amide bonds. The van der Waals surface area contributed by atoms with Gasteiger partial charge in [-0.2, -0.15) is 5.26 Å². The molecule has 1 N–H and O–H groups in total. The molecule has 0 bridgehead atoms. The van der Waals surface area contributed by atoms with Crippen LogP contribution in [0, 0.1) is 11.3 Å². The lowest BCUT2D eigenvalue weighted by Gasteiger charge is -2.20. The van der Waals surface area contributed by atoms with E-state index in [9.17, 15) is 4.79 Å². The summed E-state index contributed by atoms with van der Waals surface area (Å²) in [6.07, 6.45) is 6.24. The lowest BCUT2D eigenvalue weighted by Crippen LogP contribution is -2.29. The lowest BCUT2D eigenvalue weighted by atomic mass is 10.1. The lowest BCUT2D eigenvalue weighted by molar-refractivity contribution is -0.116. The van der Waals surface area contributed by atoms with Gasteiger partial charge < -0.3 is 5.32 Å². The quantitative estimate of drug-likeness (QED) is 0.757. The van der Waals surface area contributed by atoms with E-state index in [-0.39, 0.29) is 5.91 Å². The van der Waals surface area contributed by atoms with E-state index < -0.39 is 0 Å². The molecule has 0 radical (unpaired) electrons. The van der Waals surface area contributed by atoms with Crippen molar-refractivity contribution in [1.29, 1.82) is 5.26 Å². The van der Waals surface area contributed by atoms with Crippen molar-refractivity contribution in [2.75, 3.05) is 20.1 Å². The van der Waals surface area contributed by atoms with Gasteiger partial charge in [0.05, 0.1) is 12.5 Å². The van der Waals surface area contributed by atoms with E-state index in [0.717, 1.165) is 25.9 Å². The molecule has 17 heavy (non-hydrogen) atoms. The van der Waals surface area contributed by atoms with Gasteiger partial charge in [-0.15, -0.1) is 0 Å². The first-order chi connectivity index (χ1) is 8.27. The van der Waals surface area contributed by atoms with E-state index in [1.807, 2.05) is 19.9 Å². The summed E-state index contributed by atoms with van der Waals surface area (Å²) < 4.78 is 0. The minimum atomic E-state index is -0.0777. The fourth-order valence-corrected chi connectivity index (χ4v) is 1.85. The van der Waals surface area contributed by atoms with Crippen LogP contribution in [0.5, 0.6) is 0 Å². The van der Waals surface area contributed by atoms with Crippen LogP contribution in [-0.2, 0) is 4.79 Å². The second-order valence-corrected chi connectivity index (χ2v) is 3.67. The van der Waals surface area contributed by atoms with Crippen molar-refractivity contribution in [1.82, 2.24) is 10.2 Å². The molecule has 4 nitrogen and oxygen atoms in total. The smallest absolute Gasteiger partial charge is 0.243 e. The predicted molar refractivity (Wildman–Crippen MR) is 69.4 cm³/mol. The molecule has 0 aromatic heterocycles. The maximum Gasteiger partial charge on any atom is 0.243 e. The normalized spacial score (nSPS) is 19.5. The van der Waals surface area contributed by atoms with Crippen molar-refractivity contribution in [3.8, 4) is 6.07 Å². The highest BCUT2D eigenvalue weighted by molar-refractivity contribution is 5.87. The molecule has 0 spiro atoms. The zero-order valence-electron chi connectivity index (χ0n) is 11.1. The van der Waals surface area contributed by atoms with Crippen LogP contribution in [0.4, 0.5) is 0 Å². The number of hydrogen-bond acceptors (Lipinski definition) is 3. The third-order valence-electron chi connectivity index (χ3n) is 2.68. The monoisotopic (exact) mass is 237 g/mol. The second kappa shape index (κ2) is 9.86. The molecule has 1 fully saturated rings. The number of nitrogens with one attached hydrogen (secondary N) is 1. The Kier molecular flexibility index (Phi) is 9.08. The van der Waals surface area contributed by atoms with Crippen molar-refractivity contribution in [2.45, 2.75) is 39.2 Å². The van der Waals surface area contributed by atoms with Gasteiger partial charge >= 0.3 is 0 Å². The number of hydrogen-bond donors (Lipinski definition) is 1. The second-order valence-electron chi connectivity index (χ2n) is 3.67. The molecule has 1 rings (SSSR count). The number of amides is 1. The fourth-order valence-electron chi connectivity index (χ4n) is 1.85. The van der Waals surface area contributed by atoms with E-state index in [1.54, 1.807) is 13.1 Å². The molecule has 0 aromatic rings. The average Bonchev–Trinajstić information content (AvgIpc) is 2.80. The van der Waals surface area contributed by atoms with Gasteiger partial charge in [0.1, 0.15) is 0 Å². The van der Waals surface area contributed by atoms with E-state index in [4.69, 9.17) is 5.26 Å². The zero-order valence-corrected chi connectivity index (χ0v) is 11.1. The summed E-state index contributed by atoms with van der Waals surface area (Å²) in [7, 11) is 1.61. The van der Waals surface area contributed by atoms with E-state index >= 15 is 0 Å². The van der Waals surface area contributed by atoms with Crippen molar-refractivity contribution in [3.63, 3.8) is 0 Å². The number of likely N-dealkylation sites (N-methyl/N-ethyl adjacent to an activating group) is 1. The third-order valence-corrected chi connectivity index (χ3v) is 2.68. The van der Waals surface area contributed by atoms with E-state index in [2.05, 4.69) is 16.3 Å². The van der Waals surface area contributed by atoms with Crippen molar-refractivity contribution >= 4 is 5.91 Å². The van der Waals surface area contributed by atoms with Crippen LogP contribution >= 0.6 is 0 Å². The number of nitriles is 1. The molecular formula is C13H23N3O. The van der Waals surface area contributed by atoms with Gasteiger partial charge in [-0.05, 0) is 19.4 Å². The van der Waals surface area contributed by atoms with Crippen molar-refractivity contribution in [3.05, 3.63) is 12.2 Å². The van der Waals surface area contributed by atoms with Crippen LogP contribution in [0.15, 0.2) is 12.2 Å². The summed E-state index contributed by atoms with van der Waals surface area (Å²) in [5.74, 6) is -0.0777. The summed E-state index contributed by atoms with van der Waals surface area (Å²) in [5.41, 5.74) is 0. The Balaban J connectivity index is 0.00000121. The number of rotatable bonds is 4. The minimum Gasteiger partial charge on any atom is -0.356 e. The Bertz CT molecular complexity index is 281. The largest absolute Gasteiger partial charge is 0.356 e. The van der Waals surface area contributed by atoms with Gasteiger partial charge in [-0.3, -0.25) is 9.69 Å². The Morgan fingerprint density at radius 3 is 2.88 bits per heavy atom. The summed E-state index contributed by atoms with van der Waals surface area (Å²) in [5, 5.41) is 11.2. The van der Waals surface area contributed by atoms with E-state index in [1.165, 1.54) is 0 Å². The first-order valence-corrected chi connectivity index (χ1v) is 6.27. The highest BCUT2D eigenvalue weighted by Crippen LogP contribution is 2.18. The Labute approximate surface area is 104 Å². The van der Waals surface area contributed by atoms with Gasteiger partial charge in [-0.25, -0.2) is 0 Å². The van der Waals surface area contributed by atoms with Crippen LogP contribution in [0.3, 0.4) is 0 Å². The molecule has 1 aliphatic rings. The maximum atomic E-state index is 10.9. The van der Waals surface area contributed by atoms with Crippen LogP contribution in [-0.4, -0.2) is 37.0 Å². The molecule has 1 saturated heterocycles. The molecule has 0 aromatic carbocycles. The molecule has 4 heteroatoms. The van der Waals surface area contributed by atoms with Crippen LogP contribution in [0.25, 0.3) is 0 Å². The molecular weight excluding hydrogens is 214 g/mol. The van der Waals surface area contributed by atoms with Crippen LogP contribution in [0.2, 0.25) is 0 Å². The molecule has 1 unspecified atom stereocenters. The summed E-state index contributed by atoms with van der Waals surface area (Å²) in [6.45, 7) is 5.80. The topological polar surface area (TPSA) is 56.1 Å². The summed E-state index contributed by atoms with van der Waals surface area (Å²) >= 11 is 0. The Hall–Kier alpha value is -1.34. The molecule has 1 heterocycles. The van der Waals surface area contributed by atoms with Gasteiger partial charge in [0.25, 0.3) is 0 Å². The third kappa shape index (κ3) is 6.08. The number of nitrogens with zero attached hydrogens (tertiary/aromatic N) is 2. The Morgan fingerprint density at radius 2 is 2.29 bits per heavy atom. The molecule has 1 atom stereocenters. The van der Waals surface area contributed by atoms with Crippen molar-refractivity contribution in [2.24, 2.45) is 0 Å². The molecule has 0 aliphatic carbocycles. The number of likely N-dealkylation sites (tertiary alicyclic amines) is 1. The predicted octanol–water partition coefficient (Wildman–Crippen LogP) is 1.69. The molecule has 96 valence electrons. The Morgan fingerprint density at radius 1 is 1.59 bits per heavy atom. The van der Waals surface area contributed by atoms with Gasteiger partial charge in [0.2, 0.25) is 5.91 Å². The fraction of sp³-hybridized carbons (Fsp3) is 0.692.